The van der Waals surface area contributed by atoms with Gasteiger partial charge in [-0.15, -0.1) is 5.10 Å². The number of rotatable bonds is 5. The Bertz CT molecular complexity index is 534. The van der Waals surface area contributed by atoms with Crippen LogP contribution in [0.5, 0.6) is 5.88 Å². The number of H-pyrrole nitrogens is 1. The Hall–Kier alpha value is -2.02. The van der Waals surface area contributed by atoms with Gasteiger partial charge in [0.2, 0.25) is 11.8 Å². The summed E-state index contributed by atoms with van der Waals surface area (Å²) in [6.07, 6.45) is 4.67. The average Bonchev–Trinajstić information content (AvgIpc) is 3.19. The van der Waals surface area contributed by atoms with Crippen LogP contribution in [0.4, 0.5) is 5.82 Å². The predicted octanol–water partition coefficient (Wildman–Crippen LogP) is 1.55. The maximum Gasteiger partial charge on any atom is 0.234 e. The number of hydrogen-bond donors (Lipinski definition) is 1. The maximum absolute atomic E-state index is 6.09. The normalized spacial score (nSPS) is 23.0. The van der Waals surface area contributed by atoms with E-state index in [2.05, 4.69) is 22.1 Å². The monoisotopic (exact) mass is 292 g/mol. The molecule has 2 aliphatic heterocycles. The highest BCUT2D eigenvalue weighted by Gasteiger charge is 2.27. The third-order valence-electron chi connectivity index (χ3n) is 3.80. The molecule has 0 unspecified atom stereocenters. The van der Waals surface area contributed by atoms with Crippen molar-refractivity contribution >= 4 is 12.0 Å². The van der Waals surface area contributed by atoms with Gasteiger partial charge in [0.15, 0.2) is 0 Å². The Morgan fingerprint density at radius 3 is 3.14 bits per heavy atom. The van der Waals surface area contributed by atoms with E-state index < -0.39 is 0 Å². The summed E-state index contributed by atoms with van der Waals surface area (Å²) in [6.45, 7) is 4.28. The fourth-order valence-corrected chi connectivity index (χ4v) is 2.46. The molecular formula is C14H20N4O3. The second-order valence-corrected chi connectivity index (χ2v) is 5.15. The van der Waals surface area contributed by atoms with Crippen LogP contribution in [0.25, 0.3) is 0 Å². The number of aliphatic imine (C=N–C) groups is 1. The Morgan fingerprint density at radius 1 is 1.52 bits per heavy atom. The van der Waals surface area contributed by atoms with Crippen molar-refractivity contribution in [2.45, 2.75) is 19.4 Å². The minimum absolute atomic E-state index is 0.0827. The van der Waals surface area contributed by atoms with E-state index in [9.17, 15) is 0 Å². The van der Waals surface area contributed by atoms with E-state index in [4.69, 9.17) is 14.2 Å². The molecule has 0 bridgehead atoms. The second-order valence-electron chi connectivity index (χ2n) is 5.15. The molecule has 0 saturated carbocycles. The van der Waals surface area contributed by atoms with Gasteiger partial charge < -0.3 is 14.2 Å². The second kappa shape index (κ2) is 6.17. The van der Waals surface area contributed by atoms with Crippen LogP contribution < -0.4 is 9.64 Å². The molecule has 0 aromatic carbocycles. The Kier molecular flexibility index (Phi) is 4.10. The lowest BCUT2D eigenvalue weighted by Gasteiger charge is -2.29. The van der Waals surface area contributed by atoms with Gasteiger partial charge in [0.25, 0.3) is 0 Å². The lowest BCUT2D eigenvalue weighted by molar-refractivity contribution is 0.0652. The van der Waals surface area contributed by atoms with Crippen LogP contribution in [0, 0.1) is 5.92 Å². The summed E-state index contributed by atoms with van der Waals surface area (Å²) in [5.74, 6) is 2.50. The summed E-state index contributed by atoms with van der Waals surface area (Å²) >= 11 is 0. The highest BCUT2D eigenvalue weighted by Crippen LogP contribution is 2.26. The Morgan fingerprint density at radius 2 is 2.43 bits per heavy atom. The van der Waals surface area contributed by atoms with Crippen LogP contribution >= 0.6 is 0 Å². The van der Waals surface area contributed by atoms with Gasteiger partial charge in [-0.25, -0.2) is 0 Å². The van der Waals surface area contributed by atoms with Gasteiger partial charge in [-0.05, 0) is 13.3 Å². The molecule has 0 aliphatic carbocycles. The number of ether oxygens (including phenoxy) is 3. The lowest BCUT2D eigenvalue weighted by atomic mass is 10.0. The average molecular weight is 292 g/mol. The van der Waals surface area contributed by atoms with Crippen molar-refractivity contribution in [3.05, 3.63) is 18.1 Å². The van der Waals surface area contributed by atoms with Crippen LogP contribution in [0.15, 0.2) is 23.1 Å². The number of nitrogens with zero attached hydrogens (tertiary/aromatic N) is 3. The number of aromatic nitrogens is 2. The summed E-state index contributed by atoms with van der Waals surface area (Å²) in [5, 5.41) is 7.01. The van der Waals surface area contributed by atoms with Crippen molar-refractivity contribution in [2.24, 2.45) is 10.9 Å². The van der Waals surface area contributed by atoms with Crippen molar-refractivity contribution in [1.82, 2.24) is 10.2 Å². The zero-order valence-corrected chi connectivity index (χ0v) is 12.3. The molecule has 114 valence electrons. The van der Waals surface area contributed by atoms with Gasteiger partial charge in [0.1, 0.15) is 11.9 Å². The van der Waals surface area contributed by atoms with Gasteiger partial charge in [-0.3, -0.25) is 15.0 Å². The summed E-state index contributed by atoms with van der Waals surface area (Å²) in [7, 11) is 1.59. The SMILES string of the molecule is COc1cc(N2CC=NC=C2O[C@@H](C)[C@@H]2CCOC2)[nH]n1. The van der Waals surface area contributed by atoms with Crippen molar-refractivity contribution in [3.8, 4) is 5.88 Å². The minimum atomic E-state index is 0.0827. The summed E-state index contributed by atoms with van der Waals surface area (Å²) < 4.78 is 16.6. The van der Waals surface area contributed by atoms with E-state index >= 15 is 0 Å². The molecule has 0 amide bonds. The molecule has 3 heterocycles. The summed E-state index contributed by atoms with van der Waals surface area (Å²) in [5.41, 5.74) is 0. The molecule has 1 saturated heterocycles. The summed E-state index contributed by atoms with van der Waals surface area (Å²) in [6, 6.07) is 1.83. The van der Waals surface area contributed by atoms with Gasteiger partial charge in [-0.1, -0.05) is 0 Å². The van der Waals surface area contributed by atoms with E-state index in [1.165, 1.54) is 0 Å². The van der Waals surface area contributed by atoms with E-state index in [-0.39, 0.29) is 6.10 Å². The first kappa shape index (κ1) is 13.9. The van der Waals surface area contributed by atoms with E-state index in [0.29, 0.717) is 24.2 Å². The smallest absolute Gasteiger partial charge is 0.234 e. The maximum atomic E-state index is 6.09. The zero-order valence-electron chi connectivity index (χ0n) is 12.3. The molecule has 1 aromatic rings. The van der Waals surface area contributed by atoms with Gasteiger partial charge >= 0.3 is 0 Å². The molecule has 2 aliphatic rings. The minimum Gasteiger partial charge on any atom is -0.480 e. The highest BCUT2D eigenvalue weighted by atomic mass is 16.5. The molecular weight excluding hydrogens is 272 g/mol. The molecule has 21 heavy (non-hydrogen) atoms. The van der Waals surface area contributed by atoms with Crippen molar-refractivity contribution in [3.63, 3.8) is 0 Å². The molecule has 2 atom stereocenters. The number of anilines is 1. The number of methoxy groups -OCH3 is 1. The largest absolute Gasteiger partial charge is 0.480 e. The molecule has 1 N–H and O–H groups in total. The summed E-state index contributed by atoms with van der Waals surface area (Å²) in [4.78, 5) is 6.17. The fraction of sp³-hybridized carbons (Fsp3) is 0.571. The standard InChI is InChI=1S/C14H20N4O3/c1-10(11-3-6-20-9-11)21-14-8-15-4-5-18(14)12-7-13(19-2)17-16-12/h4,7-8,10-11H,3,5-6,9H2,1-2H3,(H,16,17)/t10-,11+/m0/s1. The molecule has 0 radical (unpaired) electrons. The first-order valence-corrected chi connectivity index (χ1v) is 7.11. The van der Waals surface area contributed by atoms with Gasteiger partial charge in [0.05, 0.1) is 26.5 Å². The van der Waals surface area contributed by atoms with Gasteiger partial charge in [0, 0.05) is 24.8 Å². The van der Waals surface area contributed by atoms with Crippen molar-refractivity contribution < 1.29 is 14.2 Å². The van der Waals surface area contributed by atoms with Crippen LogP contribution in [0.2, 0.25) is 0 Å². The van der Waals surface area contributed by atoms with Gasteiger partial charge in [-0.2, -0.15) is 0 Å². The van der Waals surface area contributed by atoms with E-state index in [0.717, 1.165) is 25.5 Å². The third-order valence-corrected chi connectivity index (χ3v) is 3.80. The Balaban J connectivity index is 1.71. The molecule has 1 fully saturated rings. The van der Waals surface area contributed by atoms with Crippen LogP contribution in [0.3, 0.4) is 0 Å². The van der Waals surface area contributed by atoms with E-state index in [1.54, 1.807) is 13.3 Å². The topological polar surface area (TPSA) is 72.0 Å². The predicted molar refractivity (Wildman–Crippen MR) is 78.5 cm³/mol. The zero-order chi connectivity index (χ0) is 14.7. The first-order valence-electron chi connectivity index (χ1n) is 7.11. The lowest BCUT2D eigenvalue weighted by Crippen LogP contribution is -2.32. The first-order chi connectivity index (χ1) is 10.3. The van der Waals surface area contributed by atoms with Crippen molar-refractivity contribution in [1.29, 1.82) is 0 Å². The van der Waals surface area contributed by atoms with Crippen molar-refractivity contribution in [2.75, 3.05) is 31.8 Å². The molecule has 0 spiro atoms. The fourth-order valence-electron chi connectivity index (χ4n) is 2.46. The van der Waals surface area contributed by atoms with Crippen LogP contribution in [0.1, 0.15) is 13.3 Å². The van der Waals surface area contributed by atoms with Crippen LogP contribution in [-0.4, -0.2) is 49.4 Å². The Labute approximate surface area is 123 Å². The molecule has 1 aromatic heterocycles. The molecule has 7 heteroatoms. The van der Waals surface area contributed by atoms with Crippen LogP contribution in [-0.2, 0) is 9.47 Å². The van der Waals surface area contributed by atoms with E-state index in [1.807, 2.05) is 17.2 Å². The molecule has 3 rings (SSSR count). The third kappa shape index (κ3) is 3.02. The number of nitrogens with one attached hydrogen (secondary N) is 1. The quantitative estimate of drug-likeness (QED) is 0.891. The number of hydrogen-bond acceptors (Lipinski definition) is 6. The number of aromatic amines is 1. The highest BCUT2D eigenvalue weighted by molar-refractivity contribution is 5.69. The molecule has 7 nitrogen and oxygen atoms in total.